The number of carboxylic acids is 1. The number of carbonyl (C=O) groups excluding carboxylic acids is 2. The van der Waals surface area contributed by atoms with Crippen molar-refractivity contribution in [2.45, 2.75) is 45.3 Å². The van der Waals surface area contributed by atoms with Crippen molar-refractivity contribution in [1.29, 1.82) is 0 Å². The first-order valence-corrected chi connectivity index (χ1v) is 7.55. The van der Waals surface area contributed by atoms with E-state index in [9.17, 15) is 14.4 Å². The number of nitrogens with one attached hydrogen (secondary N) is 3. The van der Waals surface area contributed by atoms with Crippen LogP contribution < -0.4 is 16.0 Å². The Morgan fingerprint density at radius 3 is 2.39 bits per heavy atom. The molecule has 0 aliphatic heterocycles. The number of carbonyl (C=O) groups is 3. The molecule has 0 aromatic heterocycles. The standard InChI is InChI=1S/C16H23N3O4/c1-3-7-13(15(21)22)18-11(2)14(20)19-16(23)17-10-12-8-5-4-6-9-12/h4-6,8-9,11,13,18H,3,7,10H2,1-2H3,(H,21,22)(H2,17,19,20,23). The summed E-state index contributed by atoms with van der Waals surface area (Å²) in [6.45, 7) is 3.68. The first-order chi connectivity index (χ1) is 10.9. The quantitative estimate of drug-likeness (QED) is 0.576. The van der Waals surface area contributed by atoms with E-state index in [4.69, 9.17) is 5.11 Å². The second-order valence-corrected chi connectivity index (χ2v) is 5.23. The molecule has 0 spiro atoms. The topological polar surface area (TPSA) is 108 Å². The van der Waals surface area contributed by atoms with Crippen molar-refractivity contribution in [2.24, 2.45) is 0 Å². The van der Waals surface area contributed by atoms with E-state index in [0.29, 0.717) is 19.4 Å². The average Bonchev–Trinajstić information content (AvgIpc) is 2.53. The van der Waals surface area contributed by atoms with E-state index in [0.717, 1.165) is 5.56 Å². The predicted octanol–water partition coefficient (Wildman–Crippen LogP) is 1.24. The maximum atomic E-state index is 11.9. The number of urea groups is 1. The van der Waals surface area contributed by atoms with Gasteiger partial charge in [0.15, 0.2) is 0 Å². The number of hydrogen-bond acceptors (Lipinski definition) is 4. The lowest BCUT2D eigenvalue weighted by molar-refractivity contribution is -0.140. The van der Waals surface area contributed by atoms with Crippen molar-refractivity contribution in [3.8, 4) is 0 Å². The minimum atomic E-state index is -1.01. The second-order valence-electron chi connectivity index (χ2n) is 5.23. The van der Waals surface area contributed by atoms with E-state index >= 15 is 0 Å². The summed E-state index contributed by atoms with van der Waals surface area (Å²) in [6, 6.07) is 7.07. The van der Waals surface area contributed by atoms with Gasteiger partial charge in [-0.1, -0.05) is 43.7 Å². The summed E-state index contributed by atoms with van der Waals surface area (Å²) in [5.74, 6) is -1.59. The molecule has 3 amide bonds. The fraction of sp³-hybridized carbons (Fsp3) is 0.438. The third kappa shape index (κ3) is 6.92. The Hall–Kier alpha value is -2.41. The summed E-state index contributed by atoms with van der Waals surface area (Å²) < 4.78 is 0. The number of imide groups is 1. The van der Waals surface area contributed by atoms with Gasteiger partial charge < -0.3 is 10.4 Å². The summed E-state index contributed by atoms with van der Waals surface area (Å²) in [7, 11) is 0. The molecule has 1 aromatic carbocycles. The van der Waals surface area contributed by atoms with Gasteiger partial charge in [-0.3, -0.25) is 20.2 Å². The van der Waals surface area contributed by atoms with Gasteiger partial charge in [0.25, 0.3) is 0 Å². The summed E-state index contributed by atoms with van der Waals surface area (Å²) >= 11 is 0. The smallest absolute Gasteiger partial charge is 0.321 e. The first-order valence-electron chi connectivity index (χ1n) is 7.55. The Morgan fingerprint density at radius 1 is 1.17 bits per heavy atom. The fourth-order valence-electron chi connectivity index (χ4n) is 1.99. The Morgan fingerprint density at radius 2 is 1.83 bits per heavy atom. The highest BCUT2D eigenvalue weighted by Crippen LogP contribution is 1.99. The molecule has 0 aliphatic carbocycles. The third-order valence-electron chi connectivity index (χ3n) is 3.25. The van der Waals surface area contributed by atoms with Crippen LogP contribution in [0.15, 0.2) is 30.3 Å². The van der Waals surface area contributed by atoms with Gasteiger partial charge in [0, 0.05) is 6.54 Å². The van der Waals surface area contributed by atoms with Gasteiger partial charge in [-0.05, 0) is 18.9 Å². The lowest BCUT2D eigenvalue weighted by Gasteiger charge is -2.19. The fourth-order valence-corrected chi connectivity index (χ4v) is 1.99. The van der Waals surface area contributed by atoms with Crippen molar-refractivity contribution < 1.29 is 19.5 Å². The number of benzene rings is 1. The number of hydrogen-bond donors (Lipinski definition) is 4. The zero-order valence-electron chi connectivity index (χ0n) is 13.3. The molecule has 1 rings (SSSR count). The van der Waals surface area contributed by atoms with Crippen molar-refractivity contribution in [2.75, 3.05) is 0 Å². The molecule has 7 nitrogen and oxygen atoms in total. The monoisotopic (exact) mass is 321 g/mol. The normalized spacial score (nSPS) is 13.0. The van der Waals surface area contributed by atoms with Crippen LogP contribution in [0.5, 0.6) is 0 Å². The SMILES string of the molecule is CCCC(NC(C)C(=O)NC(=O)NCc1ccccc1)C(=O)O. The first kappa shape index (κ1) is 18.6. The Labute approximate surface area is 135 Å². The minimum Gasteiger partial charge on any atom is -0.480 e. The molecule has 2 unspecified atom stereocenters. The van der Waals surface area contributed by atoms with Crippen LogP contribution in [0.3, 0.4) is 0 Å². The van der Waals surface area contributed by atoms with Crippen LogP contribution in [-0.4, -0.2) is 35.1 Å². The van der Waals surface area contributed by atoms with E-state index in [-0.39, 0.29) is 0 Å². The summed E-state index contributed by atoms with van der Waals surface area (Å²) in [5, 5.41) is 16.5. The van der Waals surface area contributed by atoms with E-state index < -0.39 is 30.0 Å². The second kappa shape index (κ2) is 9.58. The van der Waals surface area contributed by atoms with Crippen LogP contribution >= 0.6 is 0 Å². The van der Waals surface area contributed by atoms with Crippen molar-refractivity contribution in [3.63, 3.8) is 0 Å². The van der Waals surface area contributed by atoms with Crippen LogP contribution in [0.1, 0.15) is 32.3 Å². The zero-order valence-corrected chi connectivity index (χ0v) is 13.3. The van der Waals surface area contributed by atoms with Gasteiger partial charge in [0.05, 0.1) is 6.04 Å². The Bertz CT molecular complexity index is 533. The van der Waals surface area contributed by atoms with Crippen LogP contribution in [0, 0.1) is 0 Å². The van der Waals surface area contributed by atoms with Crippen molar-refractivity contribution in [1.82, 2.24) is 16.0 Å². The highest BCUT2D eigenvalue weighted by atomic mass is 16.4. The largest absolute Gasteiger partial charge is 0.480 e. The molecule has 0 saturated carbocycles. The molecule has 7 heteroatoms. The van der Waals surface area contributed by atoms with Crippen molar-refractivity contribution in [3.05, 3.63) is 35.9 Å². The van der Waals surface area contributed by atoms with E-state index in [1.807, 2.05) is 37.3 Å². The lowest BCUT2D eigenvalue weighted by Crippen LogP contribution is -2.52. The molecule has 0 fully saturated rings. The summed E-state index contributed by atoms with van der Waals surface area (Å²) in [4.78, 5) is 34.6. The maximum absolute atomic E-state index is 11.9. The molecule has 2 atom stereocenters. The molecule has 23 heavy (non-hydrogen) atoms. The molecule has 0 aliphatic rings. The lowest BCUT2D eigenvalue weighted by atomic mass is 10.1. The van der Waals surface area contributed by atoms with E-state index in [1.54, 1.807) is 0 Å². The van der Waals surface area contributed by atoms with Crippen LogP contribution in [0.4, 0.5) is 4.79 Å². The van der Waals surface area contributed by atoms with Gasteiger partial charge in [0.2, 0.25) is 5.91 Å². The maximum Gasteiger partial charge on any atom is 0.321 e. The van der Waals surface area contributed by atoms with Gasteiger partial charge in [-0.2, -0.15) is 0 Å². The minimum absolute atomic E-state index is 0.301. The van der Waals surface area contributed by atoms with Gasteiger partial charge in [0.1, 0.15) is 6.04 Å². The number of aliphatic carboxylic acids is 1. The molecule has 0 radical (unpaired) electrons. The molecule has 126 valence electrons. The van der Waals surface area contributed by atoms with Gasteiger partial charge >= 0.3 is 12.0 Å². The van der Waals surface area contributed by atoms with Crippen molar-refractivity contribution >= 4 is 17.9 Å². The van der Waals surface area contributed by atoms with Crippen LogP contribution in [-0.2, 0) is 16.1 Å². The molecule has 4 N–H and O–H groups in total. The van der Waals surface area contributed by atoms with E-state index in [2.05, 4.69) is 16.0 Å². The predicted molar refractivity (Wildman–Crippen MR) is 85.7 cm³/mol. The highest BCUT2D eigenvalue weighted by molar-refractivity contribution is 5.97. The summed E-state index contributed by atoms with van der Waals surface area (Å²) in [5.41, 5.74) is 0.912. The Kier molecular flexibility index (Phi) is 7.76. The number of carboxylic acid groups (broad SMARTS) is 1. The third-order valence-corrected chi connectivity index (χ3v) is 3.25. The van der Waals surface area contributed by atoms with Gasteiger partial charge in [-0.15, -0.1) is 0 Å². The average molecular weight is 321 g/mol. The van der Waals surface area contributed by atoms with Crippen LogP contribution in [0.25, 0.3) is 0 Å². The highest BCUT2D eigenvalue weighted by Gasteiger charge is 2.23. The van der Waals surface area contributed by atoms with Crippen LogP contribution in [0.2, 0.25) is 0 Å². The summed E-state index contributed by atoms with van der Waals surface area (Å²) in [6.07, 6.45) is 1.09. The number of amides is 3. The molecular weight excluding hydrogens is 298 g/mol. The molecule has 0 saturated heterocycles. The van der Waals surface area contributed by atoms with Gasteiger partial charge in [-0.25, -0.2) is 4.79 Å². The van der Waals surface area contributed by atoms with E-state index in [1.165, 1.54) is 6.92 Å². The molecule has 0 bridgehead atoms. The Balaban J connectivity index is 2.41. The molecule has 0 heterocycles. The molecular formula is C16H23N3O4. The zero-order chi connectivity index (χ0) is 17.2. The molecule has 1 aromatic rings. The number of rotatable bonds is 8.